The number of hydrogen-bond acceptors (Lipinski definition) is 3. The van der Waals surface area contributed by atoms with Crippen LogP contribution in [-0.2, 0) is 17.9 Å². The third-order valence-electron chi connectivity index (χ3n) is 2.77. The molecule has 20 heavy (non-hydrogen) atoms. The molecular formula is C13H14Cl2N4O. The van der Waals surface area contributed by atoms with Crippen molar-refractivity contribution < 1.29 is 4.79 Å². The fraction of sp³-hybridized carbons (Fsp3) is 0.308. The van der Waals surface area contributed by atoms with Crippen LogP contribution in [-0.4, -0.2) is 26.8 Å². The summed E-state index contributed by atoms with van der Waals surface area (Å²) < 4.78 is 1.71. The molecule has 7 heteroatoms. The van der Waals surface area contributed by atoms with Gasteiger partial charge in [0.2, 0.25) is 5.91 Å². The van der Waals surface area contributed by atoms with E-state index in [4.69, 9.17) is 23.2 Å². The molecule has 0 fully saturated rings. The van der Waals surface area contributed by atoms with Crippen LogP contribution in [0.3, 0.4) is 0 Å². The van der Waals surface area contributed by atoms with E-state index in [9.17, 15) is 4.79 Å². The number of aryl methyl sites for hydroxylation is 1. The average Bonchev–Trinajstić information content (AvgIpc) is 2.91. The molecule has 1 aromatic heterocycles. The van der Waals surface area contributed by atoms with Crippen molar-refractivity contribution in [3.8, 4) is 0 Å². The van der Waals surface area contributed by atoms with Gasteiger partial charge in [0.05, 0.1) is 12.7 Å². The van der Waals surface area contributed by atoms with Crippen LogP contribution in [0, 0.1) is 0 Å². The lowest BCUT2D eigenvalue weighted by atomic mass is 10.2. The fourth-order valence-electron chi connectivity index (χ4n) is 1.77. The van der Waals surface area contributed by atoms with Crippen molar-refractivity contribution in [2.45, 2.75) is 20.0 Å². The van der Waals surface area contributed by atoms with E-state index >= 15 is 0 Å². The monoisotopic (exact) mass is 312 g/mol. The van der Waals surface area contributed by atoms with Gasteiger partial charge in [-0.25, -0.2) is 0 Å². The molecule has 0 saturated carbocycles. The lowest BCUT2D eigenvalue weighted by Gasteiger charge is -2.20. The van der Waals surface area contributed by atoms with Crippen LogP contribution in [0.15, 0.2) is 30.5 Å². The molecule has 1 amide bonds. The minimum Gasteiger partial charge on any atom is -0.305 e. The molecule has 2 rings (SSSR count). The lowest BCUT2D eigenvalue weighted by Crippen LogP contribution is -2.31. The number of benzene rings is 1. The van der Waals surface area contributed by atoms with E-state index in [1.165, 1.54) is 0 Å². The number of carbonyl (C=O) groups is 1. The Labute approximate surface area is 127 Å². The highest BCUT2D eigenvalue weighted by Crippen LogP contribution is 2.21. The second-order valence-corrected chi connectivity index (χ2v) is 4.86. The minimum atomic E-state index is -0.208. The van der Waals surface area contributed by atoms with E-state index in [0.717, 1.165) is 6.54 Å². The third kappa shape index (κ3) is 3.49. The first kappa shape index (κ1) is 14.8. The van der Waals surface area contributed by atoms with Crippen molar-refractivity contribution in [2.24, 2.45) is 0 Å². The van der Waals surface area contributed by atoms with E-state index < -0.39 is 0 Å². The number of amides is 1. The zero-order valence-corrected chi connectivity index (χ0v) is 12.5. The van der Waals surface area contributed by atoms with Crippen LogP contribution in [0.1, 0.15) is 12.6 Å². The molecule has 106 valence electrons. The molecule has 0 atom stereocenters. The van der Waals surface area contributed by atoms with E-state index in [1.54, 1.807) is 40.0 Å². The van der Waals surface area contributed by atoms with Gasteiger partial charge in [-0.1, -0.05) is 22.9 Å². The summed E-state index contributed by atoms with van der Waals surface area (Å²) >= 11 is 11.6. The number of aromatic nitrogens is 3. The smallest absolute Gasteiger partial charge is 0.242 e. The Morgan fingerprint density at radius 3 is 2.85 bits per heavy atom. The Balaban J connectivity index is 2.26. The number of carbonyl (C=O) groups excluding carboxylic acids is 1. The number of nitrogens with zero attached hydrogens (tertiary/aromatic N) is 4. The highest BCUT2D eigenvalue weighted by Gasteiger charge is 2.17. The zero-order valence-electron chi connectivity index (χ0n) is 11.0. The number of hydrogen-bond donors (Lipinski definition) is 0. The molecule has 0 aliphatic carbocycles. The van der Waals surface area contributed by atoms with Crippen molar-refractivity contribution in [1.82, 2.24) is 15.0 Å². The van der Waals surface area contributed by atoms with Crippen LogP contribution in [0.25, 0.3) is 0 Å². The van der Waals surface area contributed by atoms with Crippen molar-refractivity contribution in [3.05, 3.63) is 41.2 Å². The Morgan fingerprint density at radius 2 is 2.25 bits per heavy atom. The van der Waals surface area contributed by atoms with Gasteiger partial charge in [-0.2, -0.15) is 0 Å². The standard InChI is InChI=1S/C13H14Cl2N4O/c1-2-18-8-11(16-17-18)9-19(13(20)7-14)12-5-3-4-10(15)6-12/h3-6,8H,2,7,9H2,1H3. The van der Waals surface area contributed by atoms with Crippen LogP contribution in [0.2, 0.25) is 5.02 Å². The maximum absolute atomic E-state index is 12.0. The van der Waals surface area contributed by atoms with Gasteiger partial charge in [0.15, 0.2) is 0 Å². The molecule has 5 nitrogen and oxygen atoms in total. The molecule has 0 unspecified atom stereocenters. The summed E-state index contributed by atoms with van der Waals surface area (Å²) in [5.41, 5.74) is 1.39. The maximum atomic E-state index is 12.0. The molecule has 0 aliphatic heterocycles. The predicted octanol–water partition coefficient (Wildman–Crippen LogP) is 2.72. The van der Waals surface area contributed by atoms with E-state index in [-0.39, 0.29) is 11.8 Å². The molecule has 0 saturated heterocycles. The lowest BCUT2D eigenvalue weighted by molar-refractivity contribution is -0.116. The van der Waals surface area contributed by atoms with Gasteiger partial charge < -0.3 is 4.90 Å². The van der Waals surface area contributed by atoms with Gasteiger partial charge in [0.1, 0.15) is 11.6 Å². The van der Waals surface area contributed by atoms with Crippen molar-refractivity contribution in [1.29, 1.82) is 0 Å². The first-order valence-corrected chi connectivity index (χ1v) is 7.06. The third-order valence-corrected chi connectivity index (χ3v) is 3.23. The Kier molecular flexibility index (Phi) is 4.98. The summed E-state index contributed by atoms with van der Waals surface area (Å²) in [6, 6.07) is 7.06. The maximum Gasteiger partial charge on any atom is 0.242 e. The second-order valence-electron chi connectivity index (χ2n) is 4.16. The summed E-state index contributed by atoms with van der Waals surface area (Å²) in [5, 5.41) is 8.55. The number of rotatable bonds is 5. The molecule has 0 N–H and O–H groups in total. The molecule has 2 aromatic rings. The summed E-state index contributed by atoms with van der Waals surface area (Å²) in [5.74, 6) is -0.311. The van der Waals surface area contributed by atoms with Crippen molar-refractivity contribution >= 4 is 34.8 Å². The normalized spacial score (nSPS) is 10.6. The first-order chi connectivity index (χ1) is 9.63. The van der Waals surface area contributed by atoms with Gasteiger partial charge in [0.25, 0.3) is 0 Å². The number of anilines is 1. The Morgan fingerprint density at radius 1 is 1.45 bits per heavy atom. The molecule has 0 radical (unpaired) electrons. The molecule has 1 heterocycles. The Bertz CT molecular complexity index is 600. The van der Waals surface area contributed by atoms with Gasteiger partial charge in [-0.15, -0.1) is 16.7 Å². The van der Waals surface area contributed by atoms with Gasteiger partial charge in [0, 0.05) is 17.3 Å². The van der Waals surface area contributed by atoms with Crippen molar-refractivity contribution in [3.63, 3.8) is 0 Å². The van der Waals surface area contributed by atoms with E-state index in [0.29, 0.717) is 22.9 Å². The average molecular weight is 313 g/mol. The van der Waals surface area contributed by atoms with Crippen LogP contribution < -0.4 is 4.90 Å². The largest absolute Gasteiger partial charge is 0.305 e. The summed E-state index contributed by atoms with van der Waals surface area (Å²) in [6.07, 6.45) is 1.80. The van der Waals surface area contributed by atoms with Crippen molar-refractivity contribution in [2.75, 3.05) is 10.8 Å². The highest BCUT2D eigenvalue weighted by molar-refractivity contribution is 6.31. The molecule has 1 aromatic carbocycles. The second kappa shape index (κ2) is 6.72. The first-order valence-electron chi connectivity index (χ1n) is 6.15. The van der Waals surface area contributed by atoms with Gasteiger partial charge in [-0.05, 0) is 25.1 Å². The summed E-state index contributed by atoms with van der Waals surface area (Å²) in [7, 11) is 0. The summed E-state index contributed by atoms with van der Waals surface area (Å²) in [4.78, 5) is 13.5. The predicted molar refractivity (Wildman–Crippen MR) is 79.1 cm³/mol. The molecule has 0 spiro atoms. The highest BCUT2D eigenvalue weighted by atomic mass is 35.5. The SMILES string of the molecule is CCn1cc(CN(C(=O)CCl)c2cccc(Cl)c2)nn1. The van der Waals surface area contributed by atoms with Crippen LogP contribution in [0.5, 0.6) is 0 Å². The minimum absolute atomic E-state index is 0.103. The van der Waals surface area contributed by atoms with E-state index in [2.05, 4.69) is 10.3 Å². The molecular weight excluding hydrogens is 299 g/mol. The Hall–Kier alpha value is -1.59. The van der Waals surface area contributed by atoms with Gasteiger partial charge in [-0.3, -0.25) is 9.48 Å². The van der Waals surface area contributed by atoms with Crippen LogP contribution >= 0.6 is 23.2 Å². The summed E-state index contributed by atoms with van der Waals surface area (Å²) in [6.45, 7) is 3.01. The number of alkyl halides is 1. The molecule has 0 aliphatic rings. The van der Waals surface area contributed by atoms with Crippen LogP contribution in [0.4, 0.5) is 5.69 Å². The topological polar surface area (TPSA) is 51.0 Å². The molecule has 0 bridgehead atoms. The zero-order chi connectivity index (χ0) is 14.5. The quantitative estimate of drug-likeness (QED) is 0.798. The van der Waals surface area contributed by atoms with Gasteiger partial charge >= 0.3 is 0 Å². The fourth-order valence-corrected chi connectivity index (χ4v) is 2.10. The van der Waals surface area contributed by atoms with E-state index in [1.807, 2.05) is 6.92 Å². The number of halogens is 2.